The molecule has 3 aromatic rings. The number of hydrogen-bond acceptors (Lipinski definition) is 5. The minimum atomic E-state index is -0.702. The van der Waals surface area contributed by atoms with Gasteiger partial charge in [-0.2, -0.15) is 4.98 Å². The Bertz CT molecular complexity index is 1010. The van der Waals surface area contributed by atoms with Gasteiger partial charge in [-0.1, -0.05) is 47.6 Å². The molecule has 1 aromatic heterocycles. The second kappa shape index (κ2) is 6.56. The molecule has 28 heavy (non-hydrogen) atoms. The topological polar surface area (TPSA) is 79.5 Å². The van der Waals surface area contributed by atoms with Crippen molar-refractivity contribution in [2.45, 2.75) is 37.3 Å². The first-order valence-electron chi connectivity index (χ1n) is 9.68. The van der Waals surface area contributed by atoms with Gasteiger partial charge in [-0.3, -0.25) is 4.79 Å². The Kier molecular flexibility index (Phi) is 4.02. The fourth-order valence-electron chi connectivity index (χ4n) is 4.08. The second-order valence-corrected chi connectivity index (χ2v) is 7.59. The van der Waals surface area contributed by atoms with Crippen LogP contribution in [0.3, 0.4) is 0 Å². The van der Waals surface area contributed by atoms with Gasteiger partial charge in [0.2, 0.25) is 5.82 Å². The van der Waals surface area contributed by atoms with Crippen molar-refractivity contribution >= 4 is 5.91 Å². The van der Waals surface area contributed by atoms with Gasteiger partial charge >= 0.3 is 0 Å². The molecule has 6 heteroatoms. The van der Waals surface area contributed by atoms with Crippen molar-refractivity contribution in [1.29, 1.82) is 0 Å². The van der Waals surface area contributed by atoms with Crippen LogP contribution in [0.2, 0.25) is 0 Å². The van der Waals surface area contributed by atoms with E-state index in [9.17, 15) is 9.90 Å². The predicted octanol–water partition coefficient (Wildman–Crippen LogP) is 3.53. The summed E-state index contributed by atoms with van der Waals surface area (Å²) in [5.74, 6) is 0.728. The third-order valence-electron chi connectivity index (χ3n) is 5.74. The maximum absolute atomic E-state index is 13.3. The van der Waals surface area contributed by atoms with Crippen molar-refractivity contribution in [2.75, 3.05) is 6.54 Å². The molecule has 2 aromatic carbocycles. The van der Waals surface area contributed by atoms with Crippen molar-refractivity contribution in [2.24, 2.45) is 0 Å². The van der Waals surface area contributed by atoms with E-state index in [0.29, 0.717) is 29.4 Å². The highest BCUT2D eigenvalue weighted by Crippen LogP contribution is 2.45. The molecule has 1 aliphatic heterocycles. The van der Waals surface area contributed by atoms with Gasteiger partial charge in [0.05, 0.1) is 22.8 Å². The molecule has 5 rings (SSSR count). The number of benzene rings is 2. The summed E-state index contributed by atoms with van der Waals surface area (Å²) in [6.07, 6.45) is 3.31. The van der Waals surface area contributed by atoms with Gasteiger partial charge in [0.15, 0.2) is 0 Å². The van der Waals surface area contributed by atoms with Gasteiger partial charge in [0, 0.05) is 12.1 Å². The van der Waals surface area contributed by atoms with Crippen LogP contribution in [0.5, 0.6) is 0 Å². The van der Waals surface area contributed by atoms with Gasteiger partial charge in [-0.15, -0.1) is 0 Å². The summed E-state index contributed by atoms with van der Waals surface area (Å²) in [6, 6.07) is 16.8. The van der Waals surface area contributed by atoms with Crippen molar-refractivity contribution in [3.8, 4) is 22.8 Å². The summed E-state index contributed by atoms with van der Waals surface area (Å²) in [6.45, 7) is 0.666. The molecule has 142 valence electrons. The van der Waals surface area contributed by atoms with Crippen molar-refractivity contribution in [3.63, 3.8) is 0 Å². The van der Waals surface area contributed by atoms with E-state index in [2.05, 4.69) is 10.1 Å². The summed E-state index contributed by atoms with van der Waals surface area (Å²) in [5.41, 5.74) is 1.31. The third kappa shape index (κ3) is 2.90. The second-order valence-electron chi connectivity index (χ2n) is 7.59. The number of likely N-dealkylation sites (tertiary alicyclic amines) is 1. The van der Waals surface area contributed by atoms with Crippen LogP contribution in [-0.2, 0) is 0 Å². The molecule has 1 saturated carbocycles. The zero-order valence-electron chi connectivity index (χ0n) is 15.4. The van der Waals surface area contributed by atoms with E-state index in [4.69, 9.17) is 4.52 Å². The fourth-order valence-corrected chi connectivity index (χ4v) is 4.08. The molecule has 0 spiro atoms. The molecule has 6 nitrogen and oxygen atoms in total. The molecule has 1 saturated heterocycles. The molecule has 0 bridgehead atoms. The number of carbonyl (C=O) groups is 1. The summed E-state index contributed by atoms with van der Waals surface area (Å²) in [7, 11) is 0. The number of aliphatic hydroxyl groups is 1. The number of nitrogens with zero attached hydrogens (tertiary/aromatic N) is 3. The molecule has 0 radical (unpaired) electrons. The van der Waals surface area contributed by atoms with Gasteiger partial charge in [-0.25, -0.2) is 0 Å². The summed E-state index contributed by atoms with van der Waals surface area (Å²) >= 11 is 0. The molecule has 1 N–H and O–H groups in total. The van der Waals surface area contributed by atoms with Crippen LogP contribution in [-0.4, -0.2) is 44.2 Å². The van der Waals surface area contributed by atoms with Gasteiger partial charge in [0.1, 0.15) is 0 Å². The van der Waals surface area contributed by atoms with E-state index in [1.807, 2.05) is 53.4 Å². The van der Waals surface area contributed by atoms with Crippen LogP contribution in [0.4, 0.5) is 0 Å². The Labute approximate surface area is 162 Å². The summed E-state index contributed by atoms with van der Waals surface area (Å²) in [5, 5.41) is 14.6. The van der Waals surface area contributed by atoms with Crippen molar-refractivity contribution < 1.29 is 14.4 Å². The van der Waals surface area contributed by atoms with Crippen LogP contribution in [0, 0.1) is 0 Å². The summed E-state index contributed by atoms with van der Waals surface area (Å²) < 4.78 is 5.48. The van der Waals surface area contributed by atoms with Crippen LogP contribution in [0.25, 0.3) is 22.8 Å². The first kappa shape index (κ1) is 17.1. The van der Waals surface area contributed by atoms with Crippen LogP contribution in [0.15, 0.2) is 59.1 Å². The quantitative estimate of drug-likeness (QED) is 0.755. The normalized spacial score (nSPS) is 20.3. The number of amides is 1. The third-order valence-corrected chi connectivity index (χ3v) is 5.74. The van der Waals surface area contributed by atoms with Gasteiger partial charge in [-0.05, 0) is 37.8 Å². The molecule has 1 amide bonds. The Morgan fingerprint density at radius 3 is 2.64 bits per heavy atom. The monoisotopic (exact) mass is 375 g/mol. The zero-order valence-corrected chi connectivity index (χ0v) is 15.4. The Balaban J connectivity index is 1.48. The average Bonchev–Trinajstić information content (AvgIpc) is 3.17. The number of rotatable bonds is 4. The van der Waals surface area contributed by atoms with E-state index >= 15 is 0 Å². The molecule has 2 fully saturated rings. The summed E-state index contributed by atoms with van der Waals surface area (Å²) in [4.78, 5) is 19.7. The molecule has 1 aliphatic carbocycles. The van der Waals surface area contributed by atoms with E-state index < -0.39 is 5.60 Å². The average molecular weight is 375 g/mol. The first-order chi connectivity index (χ1) is 13.7. The minimum Gasteiger partial charge on any atom is -0.388 e. The lowest BCUT2D eigenvalue weighted by molar-refractivity contribution is 0.0387. The first-order valence-corrected chi connectivity index (χ1v) is 9.68. The highest BCUT2D eigenvalue weighted by molar-refractivity contribution is 6.00. The lowest BCUT2D eigenvalue weighted by Gasteiger charge is -2.29. The van der Waals surface area contributed by atoms with Crippen LogP contribution < -0.4 is 0 Å². The SMILES string of the molecule is O=C(c1ccccc1-c1nc(-c2ccccc2)no1)N1CCCC1C1(O)CC1. The molecule has 2 heterocycles. The molecule has 1 unspecified atom stereocenters. The standard InChI is InChI=1S/C22H21N3O3/c26-21(25-14-6-11-18(25)22(27)12-13-22)17-10-5-4-9-16(17)20-23-19(24-28-20)15-7-2-1-3-8-15/h1-5,7-10,18,27H,6,11-14H2. The fraction of sp³-hybridized carbons (Fsp3) is 0.318. The van der Waals surface area contributed by atoms with Gasteiger partial charge < -0.3 is 14.5 Å². The highest BCUT2D eigenvalue weighted by atomic mass is 16.5. The van der Waals surface area contributed by atoms with Crippen LogP contribution in [0.1, 0.15) is 36.0 Å². The Hall–Kier alpha value is -2.99. The number of aromatic nitrogens is 2. The minimum absolute atomic E-state index is 0.0853. The van der Waals surface area contributed by atoms with Crippen molar-refractivity contribution in [1.82, 2.24) is 15.0 Å². The van der Waals surface area contributed by atoms with E-state index in [0.717, 1.165) is 31.2 Å². The highest BCUT2D eigenvalue weighted by Gasteiger charge is 2.52. The van der Waals surface area contributed by atoms with E-state index in [-0.39, 0.29) is 11.9 Å². The largest absolute Gasteiger partial charge is 0.388 e. The lowest BCUT2D eigenvalue weighted by atomic mass is 10.0. The smallest absolute Gasteiger partial charge is 0.259 e. The van der Waals surface area contributed by atoms with E-state index in [1.165, 1.54) is 0 Å². The molecular weight excluding hydrogens is 354 g/mol. The maximum Gasteiger partial charge on any atom is 0.259 e. The number of hydrogen-bond donors (Lipinski definition) is 1. The lowest BCUT2D eigenvalue weighted by Crippen LogP contribution is -2.44. The van der Waals surface area contributed by atoms with Gasteiger partial charge in [0.25, 0.3) is 11.8 Å². The maximum atomic E-state index is 13.3. The zero-order chi connectivity index (χ0) is 19.1. The molecule has 2 aliphatic rings. The van der Waals surface area contributed by atoms with Crippen LogP contribution >= 0.6 is 0 Å². The number of carbonyl (C=O) groups excluding carboxylic acids is 1. The van der Waals surface area contributed by atoms with Crippen molar-refractivity contribution in [3.05, 3.63) is 60.2 Å². The Morgan fingerprint density at radius 1 is 1.11 bits per heavy atom. The Morgan fingerprint density at radius 2 is 1.86 bits per heavy atom. The predicted molar refractivity (Wildman–Crippen MR) is 103 cm³/mol. The molecule has 1 atom stereocenters. The van der Waals surface area contributed by atoms with E-state index in [1.54, 1.807) is 6.07 Å². The molecular formula is C22H21N3O3.